The summed E-state index contributed by atoms with van der Waals surface area (Å²) in [6.45, 7) is 8.24. The Hall–Kier alpha value is -0.450. The van der Waals surface area contributed by atoms with Crippen LogP contribution in [-0.2, 0) is 6.54 Å². The van der Waals surface area contributed by atoms with Gasteiger partial charge in [0.2, 0.25) is 0 Å². The highest BCUT2D eigenvalue weighted by atomic mass is 32.1. The van der Waals surface area contributed by atoms with Crippen LogP contribution in [0.2, 0.25) is 0 Å². The molecule has 1 aliphatic rings. The summed E-state index contributed by atoms with van der Waals surface area (Å²) in [6, 6.07) is 0. The zero-order valence-electron chi connectivity index (χ0n) is 12.3. The van der Waals surface area contributed by atoms with Crippen LogP contribution in [0, 0.1) is 5.41 Å². The second-order valence-electron chi connectivity index (χ2n) is 6.35. The van der Waals surface area contributed by atoms with E-state index >= 15 is 0 Å². The third-order valence-corrected chi connectivity index (χ3v) is 5.37. The lowest BCUT2D eigenvalue weighted by Gasteiger charge is -2.38. The maximum Gasteiger partial charge on any atom is 0.0954 e. The first-order chi connectivity index (χ1) is 9.01. The average Bonchev–Trinajstić information content (AvgIpc) is 2.82. The van der Waals surface area contributed by atoms with E-state index in [9.17, 15) is 5.11 Å². The number of aliphatic hydroxyl groups is 1. The lowest BCUT2D eigenvalue weighted by molar-refractivity contribution is 0.00111. The molecule has 0 aromatic carbocycles. The molecule has 19 heavy (non-hydrogen) atoms. The topological polar surface area (TPSA) is 45.2 Å². The molecule has 0 amide bonds. The van der Waals surface area contributed by atoms with Crippen LogP contribution in [0.3, 0.4) is 0 Å². The van der Waals surface area contributed by atoms with Crippen LogP contribution >= 0.6 is 11.3 Å². The molecule has 2 rings (SSSR count). The fourth-order valence-electron chi connectivity index (χ4n) is 2.73. The molecule has 1 aromatic rings. The first-order valence-electron chi connectivity index (χ1n) is 7.34. The van der Waals surface area contributed by atoms with E-state index < -0.39 is 0 Å². The minimum absolute atomic E-state index is 0.0369. The summed E-state index contributed by atoms with van der Waals surface area (Å²) < 4.78 is 0. The van der Waals surface area contributed by atoms with Crippen LogP contribution in [0.4, 0.5) is 0 Å². The predicted octanol–water partition coefficient (Wildman–Crippen LogP) is 3.30. The lowest BCUT2D eigenvalue weighted by atomic mass is 9.73. The highest BCUT2D eigenvalue weighted by Crippen LogP contribution is 2.35. The molecule has 0 radical (unpaired) electrons. The van der Waals surface area contributed by atoms with Gasteiger partial charge in [0, 0.05) is 29.8 Å². The van der Waals surface area contributed by atoms with Crippen LogP contribution in [0.25, 0.3) is 0 Å². The number of nitrogens with zero attached hydrogens (tertiary/aromatic N) is 1. The molecule has 2 N–H and O–H groups in total. The quantitative estimate of drug-likeness (QED) is 0.871. The monoisotopic (exact) mass is 282 g/mol. The number of hydrogen-bond acceptors (Lipinski definition) is 4. The molecule has 0 saturated heterocycles. The number of thiazole rings is 1. The van der Waals surface area contributed by atoms with E-state index in [0.717, 1.165) is 31.6 Å². The van der Waals surface area contributed by atoms with E-state index in [4.69, 9.17) is 0 Å². The number of nitrogens with one attached hydrogen (secondary N) is 1. The molecular weight excluding hydrogens is 256 g/mol. The fraction of sp³-hybridized carbons (Fsp3) is 0.800. The second kappa shape index (κ2) is 6.33. The Balaban J connectivity index is 1.82. The lowest BCUT2D eigenvalue weighted by Crippen LogP contribution is -2.43. The van der Waals surface area contributed by atoms with Gasteiger partial charge in [0.15, 0.2) is 0 Å². The Kier molecular flexibility index (Phi) is 4.98. The minimum Gasteiger partial charge on any atom is -0.393 e. The van der Waals surface area contributed by atoms with Crippen LogP contribution in [-0.4, -0.2) is 22.7 Å². The molecule has 3 nitrogen and oxygen atoms in total. The third kappa shape index (κ3) is 3.77. The van der Waals surface area contributed by atoms with Crippen molar-refractivity contribution in [2.75, 3.05) is 6.54 Å². The van der Waals surface area contributed by atoms with Gasteiger partial charge in [0.05, 0.1) is 16.8 Å². The Morgan fingerprint density at radius 2 is 2.32 bits per heavy atom. The zero-order valence-corrected chi connectivity index (χ0v) is 13.1. The summed E-state index contributed by atoms with van der Waals surface area (Å²) in [5.41, 5.74) is 1.16. The van der Waals surface area contributed by atoms with Crippen molar-refractivity contribution in [1.29, 1.82) is 0 Å². The molecule has 4 heteroatoms. The van der Waals surface area contributed by atoms with Gasteiger partial charge in [-0.15, -0.1) is 11.3 Å². The van der Waals surface area contributed by atoms with Gasteiger partial charge in [-0.2, -0.15) is 0 Å². The number of hydrogen-bond donors (Lipinski definition) is 2. The zero-order chi connectivity index (χ0) is 13.9. The van der Waals surface area contributed by atoms with E-state index in [1.807, 2.05) is 0 Å². The van der Waals surface area contributed by atoms with Crippen molar-refractivity contribution in [3.05, 3.63) is 16.1 Å². The van der Waals surface area contributed by atoms with Gasteiger partial charge in [-0.3, -0.25) is 0 Å². The number of aromatic nitrogens is 1. The molecule has 0 bridgehead atoms. The van der Waals surface area contributed by atoms with Crippen molar-refractivity contribution in [3.8, 4) is 0 Å². The summed E-state index contributed by atoms with van der Waals surface area (Å²) in [5, 5.41) is 17.0. The molecular formula is C15H26N2OS. The van der Waals surface area contributed by atoms with Gasteiger partial charge in [-0.1, -0.05) is 33.6 Å². The van der Waals surface area contributed by atoms with Gasteiger partial charge in [-0.05, 0) is 12.8 Å². The van der Waals surface area contributed by atoms with Crippen molar-refractivity contribution in [2.45, 2.75) is 65.0 Å². The summed E-state index contributed by atoms with van der Waals surface area (Å²) >= 11 is 1.74. The van der Waals surface area contributed by atoms with E-state index in [1.54, 1.807) is 11.3 Å². The minimum atomic E-state index is -0.157. The largest absolute Gasteiger partial charge is 0.393 e. The maximum atomic E-state index is 10.1. The molecule has 1 saturated carbocycles. The van der Waals surface area contributed by atoms with Gasteiger partial charge >= 0.3 is 0 Å². The number of aliphatic hydroxyl groups excluding tert-OH is 1. The normalized spacial score (nSPS) is 27.9. The third-order valence-electron chi connectivity index (χ3n) is 4.18. The first-order valence-corrected chi connectivity index (χ1v) is 8.22. The van der Waals surface area contributed by atoms with Gasteiger partial charge in [0.25, 0.3) is 0 Å². The van der Waals surface area contributed by atoms with Gasteiger partial charge < -0.3 is 10.4 Å². The molecule has 1 aromatic heterocycles. The molecule has 2 unspecified atom stereocenters. The van der Waals surface area contributed by atoms with Crippen LogP contribution in [0.1, 0.15) is 63.1 Å². The highest BCUT2D eigenvalue weighted by Gasteiger charge is 2.34. The van der Waals surface area contributed by atoms with Crippen molar-refractivity contribution >= 4 is 11.3 Å². The average molecular weight is 282 g/mol. The molecule has 1 fully saturated rings. The summed E-state index contributed by atoms with van der Waals surface area (Å²) in [5.74, 6) is 0.511. The number of rotatable bonds is 5. The highest BCUT2D eigenvalue weighted by molar-refractivity contribution is 7.09. The molecule has 2 atom stereocenters. The summed E-state index contributed by atoms with van der Waals surface area (Å²) in [7, 11) is 0. The van der Waals surface area contributed by atoms with Crippen molar-refractivity contribution in [1.82, 2.24) is 10.3 Å². The molecule has 108 valence electrons. The van der Waals surface area contributed by atoms with Crippen molar-refractivity contribution < 1.29 is 5.11 Å². The molecule has 0 spiro atoms. The van der Waals surface area contributed by atoms with Crippen LogP contribution in [0.5, 0.6) is 0 Å². The Labute approximate surface area is 120 Å². The second-order valence-corrected chi connectivity index (χ2v) is 7.24. The maximum absolute atomic E-state index is 10.1. The Bertz CT molecular complexity index is 405. The molecule has 1 aliphatic carbocycles. The van der Waals surface area contributed by atoms with E-state index in [0.29, 0.717) is 5.92 Å². The summed E-state index contributed by atoms with van der Waals surface area (Å²) in [6.07, 6.45) is 4.32. The smallest absolute Gasteiger partial charge is 0.0954 e. The van der Waals surface area contributed by atoms with E-state index in [2.05, 4.69) is 36.5 Å². The van der Waals surface area contributed by atoms with E-state index in [-0.39, 0.29) is 11.5 Å². The van der Waals surface area contributed by atoms with Crippen LogP contribution in [0.15, 0.2) is 5.38 Å². The Morgan fingerprint density at radius 1 is 1.53 bits per heavy atom. The molecule has 1 heterocycles. The standard InChI is InChI=1S/C15H26N2OS/c1-11(2)14-17-12(9-19-14)8-16-10-15(3)7-5-4-6-13(15)18/h9,11,13,16,18H,4-8,10H2,1-3H3. The predicted molar refractivity (Wildman–Crippen MR) is 80.5 cm³/mol. The van der Waals surface area contributed by atoms with Crippen LogP contribution < -0.4 is 5.32 Å². The Morgan fingerprint density at radius 3 is 2.95 bits per heavy atom. The SMILES string of the molecule is CC(C)c1nc(CNCC2(C)CCCCC2O)cs1. The van der Waals surface area contributed by atoms with Crippen molar-refractivity contribution in [3.63, 3.8) is 0 Å². The van der Waals surface area contributed by atoms with Gasteiger partial charge in [-0.25, -0.2) is 4.98 Å². The van der Waals surface area contributed by atoms with Crippen molar-refractivity contribution in [2.24, 2.45) is 5.41 Å². The summed E-state index contributed by atoms with van der Waals surface area (Å²) in [4.78, 5) is 4.63. The van der Waals surface area contributed by atoms with Gasteiger partial charge in [0.1, 0.15) is 0 Å². The van der Waals surface area contributed by atoms with E-state index in [1.165, 1.54) is 17.8 Å². The molecule has 0 aliphatic heterocycles. The first kappa shape index (κ1) is 14.9. The fourth-order valence-corrected chi connectivity index (χ4v) is 3.57.